The second kappa shape index (κ2) is 7.16. The summed E-state index contributed by atoms with van der Waals surface area (Å²) in [5, 5.41) is 6.92. The zero-order valence-electron chi connectivity index (χ0n) is 13.2. The normalized spacial score (nSPS) is 14.3. The van der Waals surface area contributed by atoms with Gasteiger partial charge in [-0.2, -0.15) is 0 Å². The van der Waals surface area contributed by atoms with Crippen LogP contribution in [-0.2, 0) is 17.6 Å². The Morgan fingerprint density at radius 2 is 1.87 bits per heavy atom. The van der Waals surface area contributed by atoms with Gasteiger partial charge in [0.1, 0.15) is 0 Å². The minimum absolute atomic E-state index is 0.0243. The van der Waals surface area contributed by atoms with Crippen molar-refractivity contribution in [2.45, 2.75) is 32.2 Å². The first-order chi connectivity index (χ1) is 11.1. The highest BCUT2D eigenvalue weighted by atomic mass is 35.5. The second-order valence-electron chi connectivity index (χ2n) is 6.04. The number of benzene rings is 2. The largest absolute Gasteiger partial charge is 0.325 e. The number of carbonyl (C=O) groups is 1. The van der Waals surface area contributed by atoms with E-state index in [2.05, 4.69) is 22.8 Å². The fourth-order valence-corrected chi connectivity index (χ4v) is 3.10. The van der Waals surface area contributed by atoms with Gasteiger partial charge in [-0.1, -0.05) is 29.8 Å². The molecule has 0 saturated carbocycles. The summed E-state index contributed by atoms with van der Waals surface area (Å²) < 4.78 is 0. The molecule has 4 heteroatoms. The summed E-state index contributed by atoms with van der Waals surface area (Å²) >= 11 is 5.89. The molecule has 0 radical (unpaired) electrons. The van der Waals surface area contributed by atoms with Crippen LogP contribution in [0.4, 0.5) is 5.69 Å². The molecule has 0 aromatic heterocycles. The van der Waals surface area contributed by atoms with Crippen molar-refractivity contribution >= 4 is 23.2 Å². The fraction of sp³-hybridized carbons (Fsp3) is 0.316. The Bertz CT molecular complexity index is 697. The zero-order chi connectivity index (χ0) is 16.2. The van der Waals surface area contributed by atoms with Crippen LogP contribution >= 0.6 is 11.6 Å². The van der Waals surface area contributed by atoms with Crippen molar-refractivity contribution in [3.63, 3.8) is 0 Å². The minimum atomic E-state index is -0.0243. The van der Waals surface area contributed by atoms with Crippen molar-refractivity contribution in [2.24, 2.45) is 0 Å². The van der Waals surface area contributed by atoms with E-state index >= 15 is 0 Å². The molecular formula is C19H21ClN2O. The number of aryl methyl sites for hydroxylation is 2. The second-order valence-corrected chi connectivity index (χ2v) is 6.48. The van der Waals surface area contributed by atoms with Gasteiger partial charge in [0.15, 0.2) is 0 Å². The molecule has 2 aromatic carbocycles. The molecule has 0 saturated heterocycles. The van der Waals surface area contributed by atoms with Gasteiger partial charge in [0.05, 0.1) is 6.54 Å². The van der Waals surface area contributed by atoms with Crippen LogP contribution < -0.4 is 10.6 Å². The van der Waals surface area contributed by atoms with Gasteiger partial charge >= 0.3 is 0 Å². The molecule has 0 bridgehead atoms. The molecule has 23 heavy (non-hydrogen) atoms. The summed E-state index contributed by atoms with van der Waals surface area (Å²) in [6, 6.07) is 14.0. The number of amides is 1. The first-order valence-corrected chi connectivity index (χ1v) is 8.40. The van der Waals surface area contributed by atoms with Crippen LogP contribution in [0.3, 0.4) is 0 Å². The van der Waals surface area contributed by atoms with Crippen molar-refractivity contribution in [3.8, 4) is 0 Å². The topological polar surface area (TPSA) is 41.1 Å². The monoisotopic (exact) mass is 328 g/mol. The molecule has 1 amide bonds. The molecule has 0 heterocycles. The number of hydrogen-bond acceptors (Lipinski definition) is 2. The predicted octanol–water partition coefficient (Wildman–Crippen LogP) is 4.12. The van der Waals surface area contributed by atoms with Gasteiger partial charge in [0.25, 0.3) is 0 Å². The van der Waals surface area contributed by atoms with Crippen molar-refractivity contribution in [1.29, 1.82) is 0 Å². The van der Waals surface area contributed by atoms with Crippen molar-refractivity contribution < 1.29 is 4.79 Å². The molecule has 2 N–H and O–H groups in total. The molecule has 2 aromatic rings. The lowest BCUT2D eigenvalue weighted by Crippen LogP contribution is -2.30. The zero-order valence-corrected chi connectivity index (χ0v) is 14.0. The Balaban J connectivity index is 1.52. The van der Waals surface area contributed by atoms with Crippen LogP contribution in [0.1, 0.15) is 36.1 Å². The van der Waals surface area contributed by atoms with E-state index in [1.807, 2.05) is 37.3 Å². The first kappa shape index (κ1) is 16.0. The highest BCUT2D eigenvalue weighted by Crippen LogP contribution is 2.24. The lowest BCUT2D eigenvalue weighted by atomic mass is 10.1. The van der Waals surface area contributed by atoms with Crippen LogP contribution in [0.5, 0.6) is 0 Å². The smallest absolute Gasteiger partial charge is 0.238 e. The summed E-state index contributed by atoms with van der Waals surface area (Å²) in [7, 11) is 0. The first-order valence-electron chi connectivity index (χ1n) is 8.02. The van der Waals surface area contributed by atoms with Crippen LogP contribution in [0.2, 0.25) is 5.02 Å². The van der Waals surface area contributed by atoms with Gasteiger partial charge in [-0.25, -0.2) is 0 Å². The van der Waals surface area contributed by atoms with E-state index in [4.69, 9.17) is 11.6 Å². The Kier molecular flexibility index (Phi) is 4.99. The lowest BCUT2D eigenvalue weighted by Gasteiger charge is -2.14. The van der Waals surface area contributed by atoms with Crippen LogP contribution in [-0.4, -0.2) is 12.5 Å². The van der Waals surface area contributed by atoms with Crippen LogP contribution in [0.15, 0.2) is 42.5 Å². The summed E-state index contributed by atoms with van der Waals surface area (Å²) in [6.07, 6.45) is 3.49. The fourth-order valence-electron chi connectivity index (χ4n) is 2.97. The van der Waals surface area contributed by atoms with E-state index in [0.29, 0.717) is 0 Å². The summed E-state index contributed by atoms with van der Waals surface area (Å²) in [5.74, 6) is -0.0243. The van der Waals surface area contributed by atoms with Gasteiger partial charge in [-0.05, 0) is 67.1 Å². The van der Waals surface area contributed by atoms with Gasteiger partial charge in [0, 0.05) is 16.8 Å². The molecule has 1 aliphatic rings. The highest BCUT2D eigenvalue weighted by molar-refractivity contribution is 6.30. The van der Waals surface area contributed by atoms with E-state index in [1.165, 1.54) is 17.5 Å². The third kappa shape index (κ3) is 4.12. The standard InChI is InChI=1S/C19H21ClN2O/c1-13(14-5-8-17(20)9-6-14)21-12-19(23)22-18-10-7-15-3-2-4-16(15)11-18/h5-11,13,21H,2-4,12H2,1H3,(H,22,23)/t13-/m1/s1. The van der Waals surface area contributed by atoms with Crippen molar-refractivity contribution in [2.75, 3.05) is 11.9 Å². The highest BCUT2D eigenvalue weighted by Gasteiger charge is 2.12. The van der Waals surface area contributed by atoms with E-state index < -0.39 is 0 Å². The van der Waals surface area contributed by atoms with Gasteiger partial charge in [0.2, 0.25) is 5.91 Å². The van der Waals surface area contributed by atoms with Crippen molar-refractivity contribution in [3.05, 3.63) is 64.2 Å². The maximum Gasteiger partial charge on any atom is 0.238 e. The maximum atomic E-state index is 12.1. The van der Waals surface area contributed by atoms with E-state index in [-0.39, 0.29) is 18.5 Å². The number of fused-ring (bicyclic) bond motifs is 1. The van der Waals surface area contributed by atoms with Gasteiger partial charge in [-0.3, -0.25) is 4.79 Å². The molecule has 0 spiro atoms. The Hall–Kier alpha value is -1.84. The molecule has 0 fully saturated rings. The minimum Gasteiger partial charge on any atom is -0.325 e. The number of carbonyl (C=O) groups excluding carboxylic acids is 1. The average molecular weight is 329 g/mol. The molecule has 0 aliphatic heterocycles. The van der Waals surface area contributed by atoms with E-state index in [0.717, 1.165) is 29.1 Å². The number of halogens is 1. The molecule has 0 unspecified atom stereocenters. The average Bonchev–Trinajstić information content (AvgIpc) is 3.01. The predicted molar refractivity (Wildman–Crippen MR) is 95.0 cm³/mol. The number of anilines is 1. The summed E-state index contributed by atoms with van der Waals surface area (Å²) in [6.45, 7) is 2.31. The maximum absolute atomic E-state index is 12.1. The third-order valence-electron chi connectivity index (χ3n) is 4.32. The molecule has 120 valence electrons. The van der Waals surface area contributed by atoms with Gasteiger partial charge in [-0.15, -0.1) is 0 Å². The number of nitrogens with one attached hydrogen (secondary N) is 2. The third-order valence-corrected chi connectivity index (χ3v) is 4.57. The Morgan fingerprint density at radius 3 is 2.65 bits per heavy atom. The van der Waals surface area contributed by atoms with E-state index in [1.54, 1.807) is 0 Å². The van der Waals surface area contributed by atoms with Crippen molar-refractivity contribution in [1.82, 2.24) is 5.32 Å². The molecule has 1 aliphatic carbocycles. The van der Waals surface area contributed by atoms with Crippen LogP contribution in [0.25, 0.3) is 0 Å². The lowest BCUT2D eigenvalue weighted by molar-refractivity contribution is -0.115. The SMILES string of the molecule is C[C@@H](NCC(=O)Nc1ccc2c(c1)CCC2)c1ccc(Cl)cc1. The number of rotatable bonds is 5. The Labute approximate surface area is 142 Å². The Morgan fingerprint density at radius 1 is 1.13 bits per heavy atom. The van der Waals surface area contributed by atoms with E-state index in [9.17, 15) is 4.79 Å². The van der Waals surface area contributed by atoms with Gasteiger partial charge < -0.3 is 10.6 Å². The van der Waals surface area contributed by atoms with Crippen LogP contribution in [0, 0.1) is 0 Å². The molecule has 3 rings (SSSR count). The number of hydrogen-bond donors (Lipinski definition) is 2. The summed E-state index contributed by atoms with van der Waals surface area (Å²) in [5.41, 5.74) is 4.78. The molecule has 1 atom stereocenters. The molecular weight excluding hydrogens is 308 g/mol. The summed E-state index contributed by atoms with van der Waals surface area (Å²) in [4.78, 5) is 12.1. The quantitative estimate of drug-likeness (QED) is 0.867. The molecule has 3 nitrogen and oxygen atoms in total.